The summed E-state index contributed by atoms with van der Waals surface area (Å²) in [4.78, 5) is 20.9. The third-order valence-corrected chi connectivity index (χ3v) is 4.65. The number of amides is 1. The van der Waals surface area contributed by atoms with E-state index in [-0.39, 0.29) is 11.4 Å². The van der Waals surface area contributed by atoms with Gasteiger partial charge in [-0.2, -0.15) is 0 Å². The van der Waals surface area contributed by atoms with Crippen molar-refractivity contribution in [2.45, 2.75) is 44.1 Å². The molecule has 1 aromatic heterocycles. The maximum absolute atomic E-state index is 12.7. The van der Waals surface area contributed by atoms with Gasteiger partial charge in [0.1, 0.15) is 5.54 Å². The number of piperidine rings is 1. The normalized spacial score (nSPS) is 23.0. The predicted molar refractivity (Wildman–Crippen MR) is 85.1 cm³/mol. The maximum Gasteiger partial charge on any atom is 0.242 e. The Bertz CT molecular complexity index is 460. The number of hydrogen-bond acceptors (Lipinski definition) is 3. The topological polar surface area (TPSA) is 36.4 Å². The van der Waals surface area contributed by atoms with Gasteiger partial charge in [-0.15, -0.1) is 0 Å². The van der Waals surface area contributed by atoms with E-state index in [4.69, 9.17) is 0 Å². The standard InChI is InChI=1S/C17H27N3O/c1-19(2)16(21)17(10-4-5-13-20(17)3)11-6-8-15-9-7-12-18-14-15/h7,9,12,14H,4-6,8,10-11,13H2,1-3H3. The highest BCUT2D eigenvalue weighted by molar-refractivity contribution is 5.86. The molecule has 0 spiro atoms. The Morgan fingerprint density at radius 3 is 2.86 bits per heavy atom. The minimum atomic E-state index is -0.302. The summed E-state index contributed by atoms with van der Waals surface area (Å²) in [7, 11) is 5.84. The zero-order valence-corrected chi connectivity index (χ0v) is 13.5. The summed E-state index contributed by atoms with van der Waals surface area (Å²) in [6, 6.07) is 4.08. The summed E-state index contributed by atoms with van der Waals surface area (Å²) in [6.45, 7) is 1.02. The van der Waals surface area contributed by atoms with Crippen LogP contribution in [0.15, 0.2) is 24.5 Å². The van der Waals surface area contributed by atoms with Crippen molar-refractivity contribution in [1.82, 2.24) is 14.8 Å². The minimum absolute atomic E-state index is 0.260. The van der Waals surface area contributed by atoms with E-state index in [0.29, 0.717) is 0 Å². The Labute approximate surface area is 128 Å². The maximum atomic E-state index is 12.7. The highest BCUT2D eigenvalue weighted by Crippen LogP contribution is 2.33. The second-order valence-electron chi connectivity index (χ2n) is 6.32. The average Bonchev–Trinajstić information content (AvgIpc) is 2.49. The van der Waals surface area contributed by atoms with Crippen LogP contribution in [0.1, 0.15) is 37.7 Å². The van der Waals surface area contributed by atoms with Crippen molar-refractivity contribution in [2.75, 3.05) is 27.7 Å². The molecular formula is C17H27N3O. The number of likely N-dealkylation sites (N-methyl/N-ethyl adjacent to an activating group) is 2. The fourth-order valence-electron chi connectivity index (χ4n) is 3.41. The molecule has 21 heavy (non-hydrogen) atoms. The van der Waals surface area contributed by atoms with Crippen LogP contribution in [0.4, 0.5) is 0 Å². The lowest BCUT2D eigenvalue weighted by molar-refractivity contribution is -0.144. The minimum Gasteiger partial charge on any atom is -0.347 e. The number of carbonyl (C=O) groups excluding carboxylic acids is 1. The summed E-state index contributed by atoms with van der Waals surface area (Å²) in [5.74, 6) is 0.260. The van der Waals surface area contributed by atoms with Crippen LogP contribution >= 0.6 is 0 Å². The summed E-state index contributed by atoms with van der Waals surface area (Å²) >= 11 is 0. The fraction of sp³-hybridized carbons (Fsp3) is 0.647. The van der Waals surface area contributed by atoms with Gasteiger partial charge >= 0.3 is 0 Å². The monoisotopic (exact) mass is 289 g/mol. The van der Waals surface area contributed by atoms with Crippen LogP contribution in [0.3, 0.4) is 0 Å². The Hall–Kier alpha value is -1.42. The first-order valence-corrected chi connectivity index (χ1v) is 7.88. The van der Waals surface area contributed by atoms with Gasteiger partial charge in [0.2, 0.25) is 5.91 Å². The van der Waals surface area contributed by atoms with E-state index in [0.717, 1.165) is 38.6 Å². The number of nitrogens with zero attached hydrogens (tertiary/aromatic N) is 3. The average molecular weight is 289 g/mol. The number of aryl methyl sites for hydroxylation is 1. The Kier molecular flexibility index (Phi) is 5.34. The van der Waals surface area contributed by atoms with E-state index < -0.39 is 0 Å². The summed E-state index contributed by atoms with van der Waals surface area (Å²) in [5.41, 5.74) is 0.952. The van der Waals surface area contributed by atoms with Gasteiger partial charge in [-0.05, 0) is 63.7 Å². The van der Waals surface area contributed by atoms with Crippen molar-refractivity contribution in [3.63, 3.8) is 0 Å². The molecule has 1 unspecified atom stereocenters. The third-order valence-electron chi connectivity index (χ3n) is 4.65. The molecule has 0 bridgehead atoms. The summed E-state index contributed by atoms with van der Waals surface area (Å²) in [5, 5.41) is 0. The van der Waals surface area contributed by atoms with Crippen LogP contribution in [0.2, 0.25) is 0 Å². The van der Waals surface area contributed by atoms with Crippen molar-refractivity contribution in [3.8, 4) is 0 Å². The number of carbonyl (C=O) groups is 1. The molecule has 0 N–H and O–H groups in total. The lowest BCUT2D eigenvalue weighted by Crippen LogP contribution is -2.59. The van der Waals surface area contributed by atoms with Crippen LogP contribution in [-0.4, -0.2) is 53.9 Å². The van der Waals surface area contributed by atoms with Gasteiger partial charge in [0.05, 0.1) is 0 Å². The molecule has 0 saturated carbocycles. The van der Waals surface area contributed by atoms with Gasteiger partial charge in [0.15, 0.2) is 0 Å². The molecule has 116 valence electrons. The second kappa shape index (κ2) is 7.03. The van der Waals surface area contributed by atoms with Crippen LogP contribution in [-0.2, 0) is 11.2 Å². The highest BCUT2D eigenvalue weighted by atomic mass is 16.2. The number of hydrogen-bond donors (Lipinski definition) is 0. The molecule has 2 heterocycles. The second-order valence-corrected chi connectivity index (χ2v) is 6.32. The van der Waals surface area contributed by atoms with E-state index in [9.17, 15) is 4.79 Å². The lowest BCUT2D eigenvalue weighted by Gasteiger charge is -2.45. The molecular weight excluding hydrogens is 262 g/mol. The zero-order valence-electron chi connectivity index (χ0n) is 13.5. The fourth-order valence-corrected chi connectivity index (χ4v) is 3.41. The van der Waals surface area contributed by atoms with E-state index in [1.165, 1.54) is 12.0 Å². The van der Waals surface area contributed by atoms with Gasteiger partial charge < -0.3 is 4.90 Å². The van der Waals surface area contributed by atoms with E-state index >= 15 is 0 Å². The first-order valence-electron chi connectivity index (χ1n) is 7.88. The van der Waals surface area contributed by atoms with Crippen molar-refractivity contribution in [1.29, 1.82) is 0 Å². The molecule has 1 amide bonds. The SMILES string of the molecule is CN(C)C(=O)C1(CCCc2cccnc2)CCCCN1C. The molecule has 1 aliphatic heterocycles. The first-order chi connectivity index (χ1) is 10.1. The van der Waals surface area contributed by atoms with Crippen LogP contribution in [0, 0.1) is 0 Å². The van der Waals surface area contributed by atoms with Crippen molar-refractivity contribution < 1.29 is 4.79 Å². The Balaban J connectivity index is 2.04. The molecule has 1 aliphatic rings. The number of aromatic nitrogens is 1. The molecule has 4 heteroatoms. The van der Waals surface area contributed by atoms with Crippen LogP contribution < -0.4 is 0 Å². The summed E-state index contributed by atoms with van der Waals surface area (Å²) in [6.07, 6.45) is 9.99. The molecule has 2 rings (SSSR count). The number of likely N-dealkylation sites (tertiary alicyclic amines) is 1. The largest absolute Gasteiger partial charge is 0.347 e. The molecule has 0 aromatic carbocycles. The molecule has 1 saturated heterocycles. The Morgan fingerprint density at radius 1 is 1.43 bits per heavy atom. The van der Waals surface area contributed by atoms with Gasteiger partial charge in [0, 0.05) is 26.5 Å². The third kappa shape index (κ3) is 3.62. The molecule has 4 nitrogen and oxygen atoms in total. The molecule has 1 aromatic rings. The molecule has 0 radical (unpaired) electrons. The molecule has 1 atom stereocenters. The van der Waals surface area contributed by atoms with Crippen LogP contribution in [0.5, 0.6) is 0 Å². The van der Waals surface area contributed by atoms with E-state index in [2.05, 4.69) is 23.0 Å². The number of rotatable bonds is 5. The smallest absolute Gasteiger partial charge is 0.242 e. The van der Waals surface area contributed by atoms with Crippen molar-refractivity contribution in [2.24, 2.45) is 0 Å². The highest BCUT2D eigenvalue weighted by Gasteiger charge is 2.43. The molecule has 1 fully saturated rings. The van der Waals surface area contributed by atoms with Gasteiger partial charge in [0.25, 0.3) is 0 Å². The number of pyridine rings is 1. The van der Waals surface area contributed by atoms with Gasteiger partial charge in [-0.3, -0.25) is 14.7 Å². The predicted octanol–water partition coefficient (Wildman–Crippen LogP) is 2.35. The van der Waals surface area contributed by atoms with E-state index in [1.807, 2.05) is 26.4 Å². The quantitative estimate of drug-likeness (QED) is 0.835. The lowest BCUT2D eigenvalue weighted by atomic mass is 9.81. The first kappa shape index (κ1) is 16.0. The van der Waals surface area contributed by atoms with Gasteiger partial charge in [-0.1, -0.05) is 6.07 Å². The van der Waals surface area contributed by atoms with Crippen molar-refractivity contribution >= 4 is 5.91 Å². The molecule has 0 aliphatic carbocycles. The van der Waals surface area contributed by atoms with Gasteiger partial charge in [-0.25, -0.2) is 0 Å². The van der Waals surface area contributed by atoms with Crippen molar-refractivity contribution in [3.05, 3.63) is 30.1 Å². The van der Waals surface area contributed by atoms with Crippen LogP contribution in [0.25, 0.3) is 0 Å². The zero-order chi connectivity index (χ0) is 15.3. The Morgan fingerprint density at radius 2 is 2.24 bits per heavy atom. The van der Waals surface area contributed by atoms with E-state index in [1.54, 1.807) is 11.1 Å². The summed E-state index contributed by atoms with van der Waals surface area (Å²) < 4.78 is 0.